The first-order valence-corrected chi connectivity index (χ1v) is 8.14. The molecular formula is C17H15F3N4O2. The molecule has 0 radical (unpaired) electrons. The highest BCUT2D eigenvalue weighted by Gasteiger charge is 2.38. The molecule has 1 aromatic carbocycles. The van der Waals surface area contributed by atoms with Crippen molar-refractivity contribution in [1.82, 2.24) is 15.2 Å². The number of carbonyl (C=O) groups excluding carboxylic acids is 2. The van der Waals surface area contributed by atoms with Crippen LogP contribution in [0.15, 0.2) is 30.5 Å². The van der Waals surface area contributed by atoms with Crippen LogP contribution < -0.4 is 10.2 Å². The van der Waals surface area contributed by atoms with Crippen molar-refractivity contribution in [3.63, 3.8) is 0 Å². The zero-order valence-electron chi connectivity index (χ0n) is 13.6. The molecule has 3 heterocycles. The number of pyridine rings is 1. The Bertz CT molecular complexity index is 899. The summed E-state index contributed by atoms with van der Waals surface area (Å²) in [5.41, 5.74) is 0.306. The van der Waals surface area contributed by atoms with Crippen LogP contribution in [0.2, 0.25) is 0 Å². The normalized spacial score (nSPS) is 21.0. The smallest absolute Gasteiger partial charge is 0.367 e. The Balaban J connectivity index is 1.65. The fourth-order valence-corrected chi connectivity index (χ4v) is 3.52. The number of rotatable bonds is 1. The van der Waals surface area contributed by atoms with Gasteiger partial charge in [-0.15, -0.1) is 0 Å². The lowest BCUT2D eigenvalue weighted by Crippen LogP contribution is -2.65. The summed E-state index contributed by atoms with van der Waals surface area (Å²) in [7, 11) is 0. The molecule has 2 aliphatic heterocycles. The van der Waals surface area contributed by atoms with E-state index in [2.05, 4.69) is 10.3 Å². The van der Waals surface area contributed by atoms with Crippen LogP contribution in [-0.2, 0) is 15.8 Å². The van der Waals surface area contributed by atoms with Gasteiger partial charge in [-0.3, -0.25) is 14.6 Å². The molecule has 1 unspecified atom stereocenters. The Morgan fingerprint density at radius 3 is 2.73 bits per heavy atom. The number of fused-ring (bicyclic) bond motifs is 2. The summed E-state index contributed by atoms with van der Waals surface area (Å²) in [5, 5.41) is 3.20. The molecule has 0 saturated carbocycles. The molecule has 26 heavy (non-hydrogen) atoms. The first kappa shape index (κ1) is 16.6. The molecule has 2 aliphatic rings. The fraction of sp³-hybridized carbons (Fsp3) is 0.353. The van der Waals surface area contributed by atoms with Crippen LogP contribution in [0.4, 0.5) is 18.9 Å². The molecule has 1 aromatic heterocycles. The second-order valence-corrected chi connectivity index (χ2v) is 6.37. The molecule has 9 heteroatoms. The van der Waals surface area contributed by atoms with Gasteiger partial charge in [0.1, 0.15) is 0 Å². The summed E-state index contributed by atoms with van der Waals surface area (Å²) in [6, 6.07) is 5.12. The van der Waals surface area contributed by atoms with E-state index in [1.54, 1.807) is 11.0 Å². The first-order valence-electron chi connectivity index (χ1n) is 8.14. The third kappa shape index (κ3) is 2.73. The van der Waals surface area contributed by atoms with E-state index in [1.807, 2.05) is 4.90 Å². The largest absolute Gasteiger partial charge is 0.416 e. The van der Waals surface area contributed by atoms with E-state index < -0.39 is 23.6 Å². The number of aromatic nitrogens is 1. The van der Waals surface area contributed by atoms with Crippen molar-refractivity contribution < 1.29 is 22.8 Å². The van der Waals surface area contributed by atoms with Gasteiger partial charge in [0.15, 0.2) is 0 Å². The van der Waals surface area contributed by atoms with Gasteiger partial charge in [0.05, 0.1) is 17.1 Å². The average Bonchev–Trinajstić information content (AvgIpc) is 2.63. The third-order valence-corrected chi connectivity index (χ3v) is 4.82. The van der Waals surface area contributed by atoms with E-state index in [4.69, 9.17) is 0 Å². The van der Waals surface area contributed by atoms with Crippen LogP contribution in [0, 0.1) is 0 Å². The highest BCUT2D eigenvalue weighted by Crippen LogP contribution is 2.34. The van der Waals surface area contributed by atoms with Crippen LogP contribution >= 0.6 is 0 Å². The molecule has 0 aliphatic carbocycles. The Hall–Kier alpha value is -2.84. The SMILES string of the molecule is O=C1NCC2CN(c3ccnc4cc(C(F)(F)F)ccc34)CCN2C1=O. The van der Waals surface area contributed by atoms with Gasteiger partial charge in [-0.25, -0.2) is 0 Å². The molecule has 6 nitrogen and oxygen atoms in total. The topological polar surface area (TPSA) is 65.5 Å². The summed E-state index contributed by atoms with van der Waals surface area (Å²) in [4.78, 5) is 31.0. The summed E-state index contributed by atoms with van der Waals surface area (Å²) >= 11 is 0. The molecule has 4 rings (SSSR count). The van der Waals surface area contributed by atoms with E-state index in [0.29, 0.717) is 31.6 Å². The predicted octanol–water partition coefficient (Wildman–Crippen LogP) is 1.40. The monoisotopic (exact) mass is 364 g/mol. The van der Waals surface area contributed by atoms with Gasteiger partial charge >= 0.3 is 18.0 Å². The molecule has 1 N–H and O–H groups in total. The quantitative estimate of drug-likeness (QED) is 0.777. The van der Waals surface area contributed by atoms with E-state index in [0.717, 1.165) is 17.8 Å². The molecule has 0 spiro atoms. The van der Waals surface area contributed by atoms with Crippen LogP contribution in [0.25, 0.3) is 10.9 Å². The standard InChI is InChI=1S/C17H15F3N4O2/c18-17(19,20)10-1-2-12-13(7-10)21-4-3-14(12)23-5-6-24-11(9-23)8-22-15(25)16(24)26/h1-4,7,11H,5-6,8-9H2,(H,22,25). The van der Waals surface area contributed by atoms with E-state index in [-0.39, 0.29) is 11.6 Å². The number of carbonyl (C=O) groups is 2. The molecule has 2 amide bonds. The average molecular weight is 364 g/mol. The van der Waals surface area contributed by atoms with Crippen LogP contribution in [0.5, 0.6) is 0 Å². The van der Waals surface area contributed by atoms with Crippen LogP contribution in [0.1, 0.15) is 5.56 Å². The summed E-state index contributed by atoms with van der Waals surface area (Å²) < 4.78 is 38.7. The Kier molecular flexibility index (Phi) is 3.74. The number of nitrogens with zero attached hydrogens (tertiary/aromatic N) is 3. The first-order chi connectivity index (χ1) is 12.3. The van der Waals surface area contributed by atoms with Crippen LogP contribution in [-0.4, -0.2) is 53.9 Å². The summed E-state index contributed by atoms with van der Waals surface area (Å²) in [6.07, 6.45) is -2.93. The number of amides is 2. The minimum absolute atomic E-state index is 0.161. The van der Waals surface area contributed by atoms with Crippen LogP contribution in [0.3, 0.4) is 0 Å². The van der Waals surface area contributed by atoms with Gasteiger partial charge in [0.25, 0.3) is 0 Å². The van der Waals surface area contributed by atoms with Crippen molar-refractivity contribution >= 4 is 28.4 Å². The molecule has 2 aromatic rings. The molecule has 2 saturated heterocycles. The van der Waals surface area contributed by atoms with Gasteiger partial charge in [-0.1, -0.05) is 6.07 Å². The highest BCUT2D eigenvalue weighted by molar-refractivity contribution is 6.35. The lowest BCUT2D eigenvalue weighted by Gasteiger charge is -2.44. The zero-order chi connectivity index (χ0) is 18.5. The van der Waals surface area contributed by atoms with Crippen molar-refractivity contribution in [2.75, 3.05) is 31.1 Å². The highest BCUT2D eigenvalue weighted by atomic mass is 19.4. The van der Waals surface area contributed by atoms with Crippen molar-refractivity contribution in [2.24, 2.45) is 0 Å². The third-order valence-electron chi connectivity index (χ3n) is 4.82. The van der Waals surface area contributed by atoms with Crippen molar-refractivity contribution in [3.8, 4) is 0 Å². The number of piperazine rings is 2. The van der Waals surface area contributed by atoms with Gasteiger partial charge < -0.3 is 15.1 Å². The number of alkyl halides is 3. The number of benzene rings is 1. The van der Waals surface area contributed by atoms with Gasteiger partial charge in [-0.05, 0) is 18.2 Å². The number of hydrogen-bond donors (Lipinski definition) is 1. The predicted molar refractivity (Wildman–Crippen MR) is 87.5 cm³/mol. The molecular weight excluding hydrogens is 349 g/mol. The van der Waals surface area contributed by atoms with Gasteiger partial charge in [0, 0.05) is 43.4 Å². The lowest BCUT2D eigenvalue weighted by molar-refractivity contribution is -0.150. The molecule has 2 fully saturated rings. The second kappa shape index (κ2) is 5.86. The van der Waals surface area contributed by atoms with Gasteiger partial charge in [0.2, 0.25) is 0 Å². The molecule has 136 valence electrons. The van der Waals surface area contributed by atoms with E-state index in [9.17, 15) is 22.8 Å². The molecule has 1 atom stereocenters. The summed E-state index contributed by atoms with van der Waals surface area (Å²) in [5.74, 6) is -1.13. The Morgan fingerprint density at radius 1 is 1.15 bits per heavy atom. The molecule has 0 bridgehead atoms. The van der Waals surface area contributed by atoms with Gasteiger partial charge in [-0.2, -0.15) is 13.2 Å². The Labute approximate surface area is 146 Å². The minimum atomic E-state index is -4.42. The maximum Gasteiger partial charge on any atom is 0.416 e. The lowest BCUT2D eigenvalue weighted by atomic mass is 10.1. The maximum absolute atomic E-state index is 12.9. The second-order valence-electron chi connectivity index (χ2n) is 6.37. The van der Waals surface area contributed by atoms with E-state index in [1.165, 1.54) is 12.3 Å². The number of halogens is 3. The minimum Gasteiger partial charge on any atom is -0.367 e. The fourth-order valence-electron chi connectivity index (χ4n) is 3.52. The number of hydrogen-bond acceptors (Lipinski definition) is 4. The van der Waals surface area contributed by atoms with Crippen molar-refractivity contribution in [3.05, 3.63) is 36.0 Å². The van der Waals surface area contributed by atoms with Crippen molar-refractivity contribution in [1.29, 1.82) is 0 Å². The van der Waals surface area contributed by atoms with E-state index >= 15 is 0 Å². The maximum atomic E-state index is 12.9. The number of nitrogens with one attached hydrogen (secondary N) is 1. The number of anilines is 1. The zero-order valence-corrected chi connectivity index (χ0v) is 13.6. The summed E-state index contributed by atoms with van der Waals surface area (Å²) in [6.45, 7) is 1.74. The Morgan fingerprint density at radius 2 is 1.96 bits per heavy atom. The van der Waals surface area contributed by atoms with Crippen molar-refractivity contribution in [2.45, 2.75) is 12.2 Å².